The van der Waals surface area contributed by atoms with Crippen molar-refractivity contribution in [3.8, 4) is 12.1 Å². The van der Waals surface area contributed by atoms with Crippen LogP contribution in [0.3, 0.4) is 0 Å². The zero-order chi connectivity index (χ0) is 11.7. The molecule has 5 heteroatoms. The quantitative estimate of drug-likeness (QED) is 0.646. The molecule has 0 aromatic carbocycles. The molecule has 4 nitrogen and oxygen atoms in total. The van der Waals surface area contributed by atoms with E-state index in [0.717, 1.165) is 0 Å². The van der Waals surface area contributed by atoms with Crippen LogP contribution in [0, 0.1) is 28.6 Å². The van der Waals surface area contributed by atoms with Gasteiger partial charge in [0.25, 0.3) is 0 Å². The third-order valence-electron chi connectivity index (χ3n) is 1.95. The lowest BCUT2D eigenvalue weighted by Crippen LogP contribution is -2.37. The minimum atomic E-state index is -0.260. The molecule has 0 aliphatic carbocycles. The highest BCUT2D eigenvalue weighted by molar-refractivity contribution is 6.19. The minimum absolute atomic E-state index is 0.0875. The zero-order valence-electron chi connectivity index (χ0n) is 8.74. The van der Waals surface area contributed by atoms with Crippen molar-refractivity contribution in [3.05, 3.63) is 0 Å². The van der Waals surface area contributed by atoms with Gasteiger partial charge in [0.2, 0.25) is 5.91 Å². The molecular weight excluding hydrogens is 214 g/mol. The van der Waals surface area contributed by atoms with Gasteiger partial charge in [-0.1, -0.05) is 6.92 Å². The fraction of sp³-hybridized carbons (Fsp3) is 0.700. The summed E-state index contributed by atoms with van der Waals surface area (Å²) in [6, 6.07) is 3.95. The predicted octanol–water partition coefficient (Wildman–Crippen LogP) is 1.52. The molecule has 0 saturated heterocycles. The maximum Gasteiger partial charge on any atom is 0.226 e. The third kappa shape index (κ3) is 5.24. The normalized spacial score (nSPS) is 11.2. The molecule has 0 N–H and O–H groups in total. The Bertz CT molecular complexity index is 261. The Kier molecular flexibility index (Phi) is 7.40. The van der Waals surface area contributed by atoms with E-state index in [4.69, 9.17) is 22.1 Å². The van der Waals surface area contributed by atoms with Crippen molar-refractivity contribution in [1.29, 1.82) is 10.5 Å². The molecule has 15 heavy (non-hydrogen) atoms. The Labute approximate surface area is 95.0 Å². The molecule has 0 saturated carbocycles. The maximum absolute atomic E-state index is 11.7. The van der Waals surface area contributed by atoms with Gasteiger partial charge in [0.05, 0.1) is 25.0 Å². The Balaban J connectivity index is 4.28. The lowest BCUT2D eigenvalue weighted by atomic mass is 10.1. The van der Waals surface area contributed by atoms with Gasteiger partial charge in [-0.15, -0.1) is 11.6 Å². The fourth-order valence-corrected chi connectivity index (χ4v) is 1.21. The summed E-state index contributed by atoms with van der Waals surface area (Å²) in [7, 11) is 0. The first-order valence-corrected chi connectivity index (χ1v) is 5.29. The highest BCUT2D eigenvalue weighted by Crippen LogP contribution is 2.06. The number of rotatable bonds is 6. The first-order valence-electron chi connectivity index (χ1n) is 4.76. The van der Waals surface area contributed by atoms with Crippen LogP contribution in [0.2, 0.25) is 0 Å². The molecule has 0 rings (SSSR count). The Hall–Kier alpha value is -1.26. The molecule has 0 radical (unpaired) electrons. The van der Waals surface area contributed by atoms with E-state index in [9.17, 15) is 4.79 Å². The molecule has 82 valence electrons. The van der Waals surface area contributed by atoms with Crippen LogP contribution in [-0.4, -0.2) is 29.8 Å². The molecule has 1 amide bonds. The van der Waals surface area contributed by atoms with Crippen LogP contribution in [0.4, 0.5) is 0 Å². The van der Waals surface area contributed by atoms with Gasteiger partial charge in [-0.3, -0.25) is 4.79 Å². The van der Waals surface area contributed by atoms with Gasteiger partial charge in [0.1, 0.15) is 0 Å². The van der Waals surface area contributed by atoms with Crippen molar-refractivity contribution in [3.63, 3.8) is 0 Å². The summed E-state index contributed by atoms with van der Waals surface area (Å²) < 4.78 is 0. The van der Waals surface area contributed by atoms with Crippen molar-refractivity contribution in [2.75, 3.05) is 19.0 Å². The molecule has 0 aliphatic rings. The van der Waals surface area contributed by atoms with E-state index in [1.165, 1.54) is 4.90 Å². The summed E-state index contributed by atoms with van der Waals surface area (Å²) in [5.74, 6) is -0.0893. The van der Waals surface area contributed by atoms with Gasteiger partial charge in [-0.05, 0) is 0 Å². The van der Waals surface area contributed by atoms with Gasteiger partial charge < -0.3 is 4.90 Å². The van der Waals surface area contributed by atoms with Gasteiger partial charge >= 0.3 is 0 Å². The smallest absolute Gasteiger partial charge is 0.226 e. The van der Waals surface area contributed by atoms with Crippen molar-refractivity contribution in [1.82, 2.24) is 4.90 Å². The fourth-order valence-electron chi connectivity index (χ4n) is 1.08. The van der Waals surface area contributed by atoms with Crippen LogP contribution in [0.5, 0.6) is 0 Å². The Morgan fingerprint density at radius 1 is 1.33 bits per heavy atom. The lowest BCUT2D eigenvalue weighted by molar-refractivity contribution is -0.134. The molecule has 1 atom stereocenters. The van der Waals surface area contributed by atoms with Crippen LogP contribution >= 0.6 is 11.6 Å². The van der Waals surface area contributed by atoms with Crippen molar-refractivity contribution >= 4 is 17.5 Å². The SMILES string of the molecule is CC(CCl)C(=O)N(CCC#N)CCC#N. The van der Waals surface area contributed by atoms with Crippen molar-refractivity contribution in [2.24, 2.45) is 5.92 Å². The predicted molar refractivity (Wildman–Crippen MR) is 56.9 cm³/mol. The molecule has 0 heterocycles. The lowest BCUT2D eigenvalue weighted by Gasteiger charge is -2.23. The second kappa shape index (κ2) is 8.08. The second-order valence-electron chi connectivity index (χ2n) is 3.20. The number of nitriles is 2. The Morgan fingerprint density at radius 2 is 1.80 bits per heavy atom. The van der Waals surface area contributed by atoms with Crippen LogP contribution in [0.1, 0.15) is 19.8 Å². The summed E-state index contributed by atoms with van der Waals surface area (Å²) in [6.07, 6.45) is 0.568. The van der Waals surface area contributed by atoms with Crippen LogP contribution in [0.15, 0.2) is 0 Å². The van der Waals surface area contributed by atoms with E-state index >= 15 is 0 Å². The first kappa shape index (κ1) is 13.7. The summed E-state index contributed by atoms with van der Waals surface area (Å²) >= 11 is 5.58. The third-order valence-corrected chi connectivity index (χ3v) is 2.41. The highest BCUT2D eigenvalue weighted by Gasteiger charge is 2.18. The molecule has 0 bridgehead atoms. The number of carbonyl (C=O) groups is 1. The van der Waals surface area contributed by atoms with Crippen molar-refractivity contribution in [2.45, 2.75) is 19.8 Å². The number of nitrogens with zero attached hydrogens (tertiary/aromatic N) is 3. The van der Waals surface area contributed by atoms with E-state index in [1.54, 1.807) is 6.92 Å². The Morgan fingerprint density at radius 3 is 2.13 bits per heavy atom. The molecular formula is C10H14ClN3O. The average Bonchev–Trinajstić information content (AvgIpc) is 2.27. The van der Waals surface area contributed by atoms with Crippen LogP contribution < -0.4 is 0 Å². The van der Waals surface area contributed by atoms with E-state index in [2.05, 4.69) is 0 Å². The molecule has 0 spiro atoms. The van der Waals surface area contributed by atoms with Gasteiger partial charge in [0.15, 0.2) is 0 Å². The van der Waals surface area contributed by atoms with Crippen molar-refractivity contribution < 1.29 is 4.79 Å². The number of amides is 1. The topological polar surface area (TPSA) is 67.9 Å². The van der Waals surface area contributed by atoms with E-state index in [0.29, 0.717) is 13.1 Å². The second-order valence-corrected chi connectivity index (χ2v) is 3.51. The number of alkyl halides is 1. The number of carbonyl (C=O) groups excluding carboxylic acids is 1. The number of halogens is 1. The van der Waals surface area contributed by atoms with Crippen LogP contribution in [-0.2, 0) is 4.79 Å². The molecule has 0 aliphatic heterocycles. The van der Waals surface area contributed by atoms with E-state index in [1.807, 2.05) is 12.1 Å². The van der Waals surface area contributed by atoms with Gasteiger partial charge in [0, 0.05) is 24.9 Å². The first-order chi connectivity index (χ1) is 7.17. The maximum atomic E-state index is 11.7. The summed E-state index contributed by atoms with van der Waals surface area (Å²) in [5, 5.41) is 16.9. The molecule has 0 aromatic rings. The summed E-state index contributed by atoms with van der Waals surface area (Å²) in [6.45, 7) is 2.48. The van der Waals surface area contributed by atoms with Gasteiger partial charge in [-0.25, -0.2) is 0 Å². The standard InChI is InChI=1S/C10H14ClN3O/c1-9(8-11)10(15)14(6-2-4-12)7-3-5-13/h9H,2-3,6-8H2,1H3. The molecule has 0 fully saturated rings. The number of hydrogen-bond acceptors (Lipinski definition) is 3. The zero-order valence-corrected chi connectivity index (χ0v) is 9.50. The summed E-state index contributed by atoms with van der Waals surface area (Å²) in [4.78, 5) is 13.2. The average molecular weight is 228 g/mol. The van der Waals surface area contributed by atoms with Crippen LogP contribution in [0.25, 0.3) is 0 Å². The number of hydrogen-bond donors (Lipinski definition) is 0. The van der Waals surface area contributed by atoms with E-state index < -0.39 is 0 Å². The monoisotopic (exact) mass is 227 g/mol. The molecule has 1 unspecified atom stereocenters. The van der Waals surface area contributed by atoms with Gasteiger partial charge in [-0.2, -0.15) is 10.5 Å². The largest absolute Gasteiger partial charge is 0.340 e. The highest BCUT2D eigenvalue weighted by atomic mass is 35.5. The van der Waals surface area contributed by atoms with E-state index in [-0.39, 0.29) is 30.5 Å². The minimum Gasteiger partial charge on any atom is -0.340 e. The molecule has 0 aromatic heterocycles. The summed E-state index contributed by atoms with van der Waals surface area (Å²) in [5.41, 5.74) is 0.